The van der Waals surface area contributed by atoms with E-state index in [4.69, 9.17) is 14.5 Å². The summed E-state index contributed by atoms with van der Waals surface area (Å²) in [6.45, 7) is 10.7. The molecule has 2 aliphatic heterocycles. The molecule has 8 nitrogen and oxygen atoms in total. The van der Waals surface area contributed by atoms with Crippen LogP contribution in [0.1, 0.15) is 36.7 Å². The Balaban J connectivity index is 0.00000272. The number of hydrogen-bond donors (Lipinski definition) is 1. The fourth-order valence-corrected chi connectivity index (χ4v) is 4.08. The summed E-state index contributed by atoms with van der Waals surface area (Å²) >= 11 is 0. The Hall–Kier alpha value is -1.72. The van der Waals surface area contributed by atoms with Gasteiger partial charge in [0.1, 0.15) is 6.10 Å². The number of aryl methyl sites for hydroxylation is 2. The van der Waals surface area contributed by atoms with Crippen LogP contribution in [-0.2, 0) is 16.0 Å². The Morgan fingerprint density at radius 1 is 1.23 bits per heavy atom. The number of halogens is 1. The van der Waals surface area contributed by atoms with Crippen molar-refractivity contribution in [2.45, 2.75) is 52.4 Å². The van der Waals surface area contributed by atoms with Gasteiger partial charge < -0.3 is 19.7 Å². The lowest BCUT2D eigenvalue weighted by atomic mass is 10.1. The van der Waals surface area contributed by atoms with Gasteiger partial charge in [0.25, 0.3) is 0 Å². The smallest absolute Gasteiger partial charge is 0.194 e. The molecule has 170 valence electrons. The second-order valence-electron chi connectivity index (χ2n) is 7.94. The number of nitrogens with one attached hydrogen (secondary N) is 1. The van der Waals surface area contributed by atoms with E-state index in [1.54, 1.807) is 0 Å². The first-order valence-corrected chi connectivity index (χ1v) is 10.9. The number of aromatic nitrogens is 3. The quantitative estimate of drug-likeness (QED) is 0.357. The SMILES string of the molecule is CCNC(=NCc1ccc(-n2nc(C)cc2C)nc1)N1CCOC(C2CCCO2)C1.I. The molecule has 1 N–H and O–H groups in total. The lowest BCUT2D eigenvalue weighted by molar-refractivity contribution is -0.0817. The summed E-state index contributed by atoms with van der Waals surface area (Å²) in [5.41, 5.74) is 3.14. The van der Waals surface area contributed by atoms with Gasteiger partial charge in [-0.3, -0.25) is 0 Å². The Bertz CT molecular complexity index is 863. The second kappa shape index (κ2) is 11.2. The van der Waals surface area contributed by atoms with E-state index in [9.17, 15) is 0 Å². The monoisotopic (exact) mass is 540 g/mol. The van der Waals surface area contributed by atoms with Crippen LogP contribution in [0.5, 0.6) is 0 Å². The summed E-state index contributed by atoms with van der Waals surface area (Å²) in [5, 5.41) is 7.92. The number of rotatable bonds is 5. The molecule has 0 amide bonds. The maximum Gasteiger partial charge on any atom is 0.194 e. The van der Waals surface area contributed by atoms with Crippen molar-refractivity contribution in [2.24, 2.45) is 4.99 Å². The predicted octanol–water partition coefficient (Wildman–Crippen LogP) is 2.85. The van der Waals surface area contributed by atoms with Gasteiger partial charge in [-0.25, -0.2) is 14.7 Å². The van der Waals surface area contributed by atoms with E-state index in [1.165, 1.54) is 0 Å². The maximum atomic E-state index is 5.98. The van der Waals surface area contributed by atoms with Gasteiger partial charge in [0.05, 0.1) is 24.9 Å². The Kier molecular flexibility index (Phi) is 8.67. The molecule has 0 aromatic carbocycles. The first kappa shape index (κ1) is 23.9. The first-order chi connectivity index (χ1) is 14.6. The molecular formula is C22H33IN6O2. The molecule has 0 saturated carbocycles. The highest BCUT2D eigenvalue weighted by molar-refractivity contribution is 14.0. The Morgan fingerprint density at radius 3 is 2.71 bits per heavy atom. The normalized spacial score (nSPS) is 21.8. The van der Waals surface area contributed by atoms with Crippen molar-refractivity contribution in [3.05, 3.63) is 41.3 Å². The van der Waals surface area contributed by atoms with Gasteiger partial charge in [-0.15, -0.1) is 24.0 Å². The van der Waals surface area contributed by atoms with Gasteiger partial charge in [0.15, 0.2) is 11.8 Å². The number of pyridine rings is 1. The topological polar surface area (TPSA) is 76.8 Å². The lowest BCUT2D eigenvalue weighted by Crippen LogP contribution is -2.53. The van der Waals surface area contributed by atoms with Crippen molar-refractivity contribution in [3.8, 4) is 5.82 Å². The molecule has 2 unspecified atom stereocenters. The van der Waals surface area contributed by atoms with Crippen LogP contribution in [0.15, 0.2) is 29.4 Å². The van der Waals surface area contributed by atoms with Gasteiger partial charge >= 0.3 is 0 Å². The van der Waals surface area contributed by atoms with Gasteiger partial charge in [0.2, 0.25) is 0 Å². The lowest BCUT2D eigenvalue weighted by Gasteiger charge is -2.37. The summed E-state index contributed by atoms with van der Waals surface area (Å²) in [6, 6.07) is 6.12. The second-order valence-corrected chi connectivity index (χ2v) is 7.94. The third-order valence-electron chi connectivity index (χ3n) is 5.55. The van der Waals surface area contributed by atoms with Crippen molar-refractivity contribution in [3.63, 3.8) is 0 Å². The average molecular weight is 540 g/mol. The summed E-state index contributed by atoms with van der Waals surface area (Å²) in [6.07, 6.45) is 4.42. The number of hydrogen-bond acceptors (Lipinski definition) is 5. The molecule has 2 aromatic rings. The summed E-state index contributed by atoms with van der Waals surface area (Å²) in [7, 11) is 0. The number of ether oxygens (including phenoxy) is 2. The molecule has 2 aromatic heterocycles. The van der Waals surface area contributed by atoms with Crippen LogP contribution in [0, 0.1) is 13.8 Å². The number of nitrogens with zero attached hydrogens (tertiary/aromatic N) is 5. The van der Waals surface area contributed by atoms with Gasteiger partial charge in [-0.1, -0.05) is 6.07 Å². The standard InChI is InChI=1S/C22H32N6O2.HI/c1-4-23-22(27-9-11-30-20(15-27)19-6-5-10-29-19)25-14-18-7-8-21(24-13-18)28-17(3)12-16(2)26-28;/h7-8,12-13,19-20H,4-6,9-11,14-15H2,1-3H3,(H,23,25);1H. The van der Waals surface area contributed by atoms with Crippen molar-refractivity contribution >= 4 is 29.9 Å². The predicted molar refractivity (Wildman–Crippen MR) is 131 cm³/mol. The van der Waals surface area contributed by atoms with E-state index < -0.39 is 0 Å². The molecule has 9 heteroatoms. The van der Waals surface area contributed by atoms with Crippen LogP contribution in [-0.4, -0.2) is 70.7 Å². The van der Waals surface area contributed by atoms with Crippen molar-refractivity contribution < 1.29 is 9.47 Å². The van der Waals surface area contributed by atoms with Gasteiger partial charge in [-0.2, -0.15) is 5.10 Å². The number of morpholine rings is 1. The van der Waals surface area contributed by atoms with E-state index >= 15 is 0 Å². The molecule has 2 atom stereocenters. The summed E-state index contributed by atoms with van der Waals surface area (Å²) in [4.78, 5) is 11.7. The average Bonchev–Trinajstić information content (AvgIpc) is 3.41. The van der Waals surface area contributed by atoms with E-state index in [2.05, 4.69) is 39.4 Å². The molecule has 2 aliphatic rings. The fourth-order valence-electron chi connectivity index (χ4n) is 4.08. The highest BCUT2D eigenvalue weighted by Crippen LogP contribution is 2.21. The molecule has 4 heterocycles. The molecule has 0 spiro atoms. The minimum atomic E-state index is 0. The molecule has 31 heavy (non-hydrogen) atoms. The van der Waals surface area contributed by atoms with E-state index in [1.807, 2.05) is 30.8 Å². The molecule has 4 rings (SSSR count). The maximum absolute atomic E-state index is 5.98. The van der Waals surface area contributed by atoms with Crippen molar-refractivity contribution in [1.82, 2.24) is 25.0 Å². The molecule has 2 fully saturated rings. The molecule has 0 aliphatic carbocycles. The van der Waals surface area contributed by atoms with E-state index in [0.717, 1.165) is 67.8 Å². The minimum Gasteiger partial charge on any atom is -0.375 e. The minimum absolute atomic E-state index is 0. The first-order valence-electron chi connectivity index (χ1n) is 10.9. The van der Waals surface area contributed by atoms with Crippen LogP contribution in [0.2, 0.25) is 0 Å². The van der Waals surface area contributed by atoms with Crippen LogP contribution < -0.4 is 5.32 Å². The zero-order chi connectivity index (χ0) is 20.9. The number of guanidine groups is 1. The van der Waals surface area contributed by atoms with Crippen LogP contribution in [0.4, 0.5) is 0 Å². The van der Waals surface area contributed by atoms with Gasteiger partial charge in [0, 0.05) is 38.1 Å². The fraction of sp³-hybridized carbons (Fsp3) is 0.591. The summed E-state index contributed by atoms with van der Waals surface area (Å²) < 4.78 is 13.7. The van der Waals surface area contributed by atoms with Crippen molar-refractivity contribution in [2.75, 3.05) is 32.8 Å². The number of aliphatic imine (C=N–C) groups is 1. The zero-order valence-electron chi connectivity index (χ0n) is 18.6. The molecule has 0 radical (unpaired) electrons. The van der Waals surface area contributed by atoms with E-state index in [-0.39, 0.29) is 36.2 Å². The largest absolute Gasteiger partial charge is 0.375 e. The van der Waals surface area contributed by atoms with Crippen LogP contribution in [0.25, 0.3) is 5.82 Å². The van der Waals surface area contributed by atoms with Crippen molar-refractivity contribution in [1.29, 1.82) is 0 Å². The third-order valence-corrected chi connectivity index (χ3v) is 5.55. The Morgan fingerprint density at radius 2 is 2.06 bits per heavy atom. The molecule has 0 bridgehead atoms. The zero-order valence-corrected chi connectivity index (χ0v) is 20.9. The highest BCUT2D eigenvalue weighted by atomic mass is 127. The van der Waals surface area contributed by atoms with Gasteiger partial charge in [-0.05, 0) is 51.3 Å². The van der Waals surface area contributed by atoms with Crippen LogP contribution in [0.3, 0.4) is 0 Å². The summed E-state index contributed by atoms with van der Waals surface area (Å²) in [5.74, 6) is 1.75. The molecular weight excluding hydrogens is 507 g/mol. The Labute approximate surface area is 201 Å². The highest BCUT2D eigenvalue weighted by Gasteiger charge is 2.32. The van der Waals surface area contributed by atoms with E-state index in [0.29, 0.717) is 13.2 Å². The molecule has 2 saturated heterocycles. The third kappa shape index (κ3) is 5.95. The van der Waals surface area contributed by atoms with Crippen LogP contribution >= 0.6 is 24.0 Å².